The van der Waals surface area contributed by atoms with Gasteiger partial charge in [0.15, 0.2) is 11.5 Å². The maximum atomic E-state index is 14.1. The maximum absolute atomic E-state index is 14.1. The molecule has 6 heteroatoms. The molecule has 202 valence electrons. The SMILES string of the molecule is CCOc1cc(C=Nc2ccc([C@@H]3Nc4ccccc4[C@@H]4C=CC[C@@H]43)cc2)cc(Br)c1OCc1ccccc1F. The number of benzene rings is 4. The van der Waals surface area contributed by atoms with Crippen molar-refractivity contribution in [1.82, 2.24) is 0 Å². The van der Waals surface area contributed by atoms with Crippen LogP contribution in [0, 0.1) is 11.7 Å². The van der Waals surface area contributed by atoms with Crippen molar-refractivity contribution in [2.75, 3.05) is 11.9 Å². The minimum atomic E-state index is -0.296. The van der Waals surface area contributed by atoms with Gasteiger partial charge in [0.05, 0.1) is 22.8 Å². The van der Waals surface area contributed by atoms with Crippen molar-refractivity contribution < 1.29 is 13.9 Å². The predicted octanol–water partition coefficient (Wildman–Crippen LogP) is 9.14. The molecule has 2 aliphatic rings. The first-order chi connectivity index (χ1) is 19.6. The van der Waals surface area contributed by atoms with Crippen molar-refractivity contribution in [3.8, 4) is 11.5 Å². The summed E-state index contributed by atoms with van der Waals surface area (Å²) in [6.45, 7) is 2.49. The monoisotopic (exact) mass is 596 g/mol. The number of rotatable bonds is 8. The smallest absolute Gasteiger partial charge is 0.175 e. The fourth-order valence-electron chi connectivity index (χ4n) is 5.62. The van der Waals surface area contributed by atoms with Gasteiger partial charge < -0.3 is 14.8 Å². The summed E-state index contributed by atoms with van der Waals surface area (Å²) in [6, 6.07) is 27.8. The molecule has 0 fully saturated rings. The van der Waals surface area contributed by atoms with E-state index in [0.29, 0.717) is 35.5 Å². The molecule has 6 rings (SSSR count). The van der Waals surface area contributed by atoms with Crippen LogP contribution in [0.5, 0.6) is 11.5 Å². The second kappa shape index (κ2) is 11.7. The number of allylic oxidation sites excluding steroid dienone is 2. The number of aliphatic imine (C=N–C) groups is 1. The van der Waals surface area contributed by atoms with Gasteiger partial charge in [0, 0.05) is 23.4 Å². The van der Waals surface area contributed by atoms with Gasteiger partial charge in [-0.05, 0) is 88.3 Å². The van der Waals surface area contributed by atoms with Crippen LogP contribution in [0.1, 0.15) is 47.6 Å². The van der Waals surface area contributed by atoms with Gasteiger partial charge in [-0.25, -0.2) is 4.39 Å². The van der Waals surface area contributed by atoms with Crippen molar-refractivity contribution in [1.29, 1.82) is 0 Å². The van der Waals surface area contributed by atoms with Gasteiger partial charge in [-0.3, -0.25) is 4.99 Å². The Morgan fingerprint density at radius 1 is 1.00 bits per heavy atom. The lowest BCUT2D eigenvalue weighted by atomic mass is 9.77. The predicted molar refractivity (Wildman–Crippen MR) is 163 cm³/mol. The standard InChI is InChI=1S/C34H30BrFN2O2/c1-2-39-32-19-22(18-29(35)34(32)40-21-24-8-3-5-12-30(24)36)20-37-25-16-14-23(15-17-25)33-28-11-7-10-26(28)27-9-4-6-13-31(27)38-33/h3-10,12-20,26,28,33,38H,2,11,21H2,1H3/t26-,28-,33-/m0/s1. The molecule has 1 aliphatic carbocycles. The Bertz CT molecular complexity index is 1570. The number of ether oxygens (including phenoxy) is 2. The van der Waals surface area contributed by atoms with E-state index in [1.165, 1.54) is 22.9 Å². The number of para-hydroxylation sites is 1. The third kappa shape index (κ3) is 5.41. The lowest BCUT2D eigenvalue weighted by Gasteiger charge is -2.37. The highest BCUT2D eigenvalue weighted by Crippen LogP contribution is 2.49. The molecular formula is C34H30BrFN2O2. The number of hydrogen-bond acceptors (Lipinski definition) is 4. The molecule has 4 nitrogen and oxygen atoms in total. The van der Waals surface area contributed by atoms with Gasteiger partial charge in [0.1, 0.15) is 12.4 Å². The van der Waals surface area contributed by atoms with Crippen LogP contribution in [-0.4, -0.2) is 12.8 Å². The number of nitrogens with zero attached hydrogens (tertiary/aromatic N) is 1. The molecule has 1 heterocycles. The van der Waals surface area contributed by atoms with Crippen LogP contribution in [-0.2, 0) is 6.61 Å². The van der Waals surface area contributed by atoms with E-state index < -0.39 is 0 Å². The largest absolute Gasteiger partial charge is 0.490 e. The second-order valence-corrected chi connectivity index (χ2v) is 10.9. The Kier molecular flexibility index (Phi) is 7.69. The van der Waals surface area contributed by atoms with E-state index in [0.717, 1.165) is 22.1 Å². The molecule has 40 heavy (non-hydrogen) atoms. The van der Waals surface area contributed by atoms with Gasteiger partial charge in [0.25, 0.3) is 0 Å². The van der Waals surface area contributed by atoms with Crippen molar-refractivity contribution in [3.63, 3.8) is 0 Å². The summed E-state index contributed by atoms with van der Waals surface area (Å²) in [5.41, 5.74) is 6.10. The first-order valence-corrected chi connectivity index (χ1v) is 14.4. The van der Waals surface area contributed by atoms with Gasteiger partial charge in [-0.1, -0.05) is 60.7 Å². The number of fused-ring (bicyclic) bond motifs is 3. The maximum Gasteiger partial charge on any atom is 0.175 e. The van der Waals surface area contributed by atoms with E-state index in [4.69, 9.17) is 14.5 Å². The fraction of sp³-hybridized carbons (Fsp3) is 0.206. The number of halogens is 2. The molecule has 4 aromatic rings. The summed E-state index contributed by atoms with van der Waals surface area (Å²) in [5, 5.41) is 3.79. The Balaban J connectivity index is 1.18. The normalized spacial score (nSPS) is 19.2. The van der Waals surface area contributed by atoms with Crippen molar-refractivity contribution in [3.05, 3.63) is 130 Å². The molecule has 4 aromatic carbocycles. The van der Waals surface area contributed by atoms with Crippen LogP contribution in [0.15, 0.2) is 107 Å². The molecule has 0 spiro atoms. The Hall–Kier alpha value is -3.90. The van der Waals surface area contributed by atoms with Crippen LogP contribution < -0.4 is 14.8 Å². The van der Waals surface area contributed by atoms with E-state index in [1.54, 1.807) is 18.2 Å². The Morgan fingerprint density at radius 3 is 2.62 bits per heavy atom. The molecule has 0 aromatic heterocycles. The van der Waals surface area contributed by atoms with E-state index in [-0.39, 0.29) is 18.5 Å². The molecule has 0 unspecified atom stereocenters. The van der Waals surface area contributed by atoms with Crippen molar-refractivity contribution in [2.24, 2.45) is 10.9 Å². The Labute approximate surface area is 242 Å². The third-order valence-electron chi connectivity index (χ3n) is 7.55. The highest BCUT2D eigenvalue weighted by molar-refractivity contribution is 9.10. The molecule has 0 saturated carbocycles. The fourth-order valence-corrected chi connectivity index (χ4v) is 6.20. The molecule has 0 amide bonds. The number of nitrogens with one attached hydrogen (secondary N) is 1. The minimum Gasteiger partial charge on any atom is -0.490 e. The summed E-state index contributed by atoms with van der Waals surface area (Å²) < 4.78 is 26.6. The summed E-state index contributed by atoms with van der Waals surface area (Å²) in [5.74, 6) is 1.78. The van der Waals surface area contributed by atoms with Crippen LogP contribution in [0.3, 0.4) is 0 Å². The van der Waals surface area contributed by atoms with E-state index >= 15 is 0 Å². The quantitative estimate of drug-likeness (QED) is 0.163. The summed E-state index contributed by atoms with van der Waals surface area (Å²) in [4.78, 5) is 4.72. The molecule has 1 aliphatic heterocycles. The zero-order valence-corrected chi connectivity index (χ0v) is 23.8. The van der Waals surface area contributed by atoms with Crippen LogP contribution in [0.2, 0.25) is 0 Å². The highest BCUT2D eigenvalue weighted by Gasteiger charge is 2.37. The average molecular weight is 598 g/mol. The van der Waals surface area contributed by atoms with Gasteiger partial charge in [-0.15, -0.1) is 0 Å². The van der Waals surface area contributed by atoms with Crippen LogP contribution >= 0.6 is 15.9 Å². The first-order valence-electron chi connectivity index (χ1n) is 13.6. The van der Waals surface area contributed by atoms with Crippen molar-refractivity contribution in [2.45, 2.75) is 31.9 Å². The molecule has 3 atom stereocenters. The zero-order valence-electron chi connectivity index (χ0n) is 22.2. The molecule has 0 saturated heterocycles. The minimum absolute atomic E-state index is 0.101. The topological polar surface area (TPSA) is 42.8 Å². The molecule has 1 N–H and O–H groups in total. The van der Waals surface area contributed by atoms with Gasteiger partial charge in [0.2, 0.25) is 0 Å². The van der Waals surface area contributed by atoms with Crippen LogP contribution in [0.4, 0.5) is 15.8 Å². The Morgan fingerprint density at radius 2 is 1.80 bits per heavy atom. The number of anilines is 1. The molecule has 0 bridgehead atoms. The molecule has 0 radical (unpaired) electrons. The average Bonchev–Trinajstić information content (AvgIpc) is 3.47. The lowest BCUT2D eigenvalue weighted by Crippen LogP contribution is -2.28. The van der Waals surface area contributed by atoms with E-state index in [9.17, 15) is 4.39 Å². The van der Waals surface area contributed by atoms with E-state index in [1.807, 2.05) is 25.3 Å². The highest BCUT2D eigenvalue weighted by atomic mass is 79.9. The first kappa shape index (κ1) is 26.3. The van der Waals surface area contributed by atoms with Crippen LogP contribution in [0.25, 0.3) is 0 Å². The lowest BCUT2D eigenvalue weighted by molar-refractivity contribution is 0.264. The van der Waals surface area contributed by atoms with Gasteiger partial charge in [-0.2, -0.15) is 0 Å². The van der Waals surface area contributed by atoms with Gasteiger partial charge >= 0.3 is 0 Å². The van der Waals surface area contributed by atoms with Crippen molar-refractivity contribution >= 4 is 33.5 Å². The number of hydrogen-bond donors (Lipinski definition) is 1. The van der Waals surface area contributed by atoms with E-state index in [2.05, 4.69) is 81.9 Å². The summed E-state index contributed by atoms with van der Waals surface area (Å²) in [6.07, 6.45) is 7.57. The summed E-state index contributed by atoms with van der Waals surface area (Å²) in [7, 11) is 0. The second-order valence-electron chi connectivity index (χ2n) is 10.1. The third-order valence-corrected chi connectivity index (χ3v) is 8.14. The zero-order chi connectivity index (χ0) is 27.5. The summed E-state index contributed by atoms with van der Waals surface area (Å²) >= 11 is 3.60. The molecular weight excluding hydrogens is 567 g/mol.